The molecule has 0 saturated heterocycles. The van der Waals surface area contributed by atoms with Gasteiger partial charge in [0.2, 0.25) is 0 Å². The normalized spacial score (nSPS) is 12.2. The number of nitrogens with two attached hydrogens (primary N) is 1. The average molecular weight is 283 g/mol. The minimum Gasteiger partial charge on any atom is -0.392 e. The molecule has 6 nitrogen and oxygen atoms in total. The highest BCUT2D eigenvalue weighted by molar-refractivity contribution is 6.01. The van der Waals surface area contributed by atoms with Gasteiger partial charge in [0, 0.05) is 12.1 Å². The summed E-state index contributed by atoms with van der Waals surface area (Å²) in [6.07, 6.45) is 0.667. The highest BCUT2D eigenvalue weighted by Gasteiger charge is 2.25. The fraction of sp³-hybridized carbons (Fsp3) is 0.462. The van der Waals surface area contributed by atoms with E-state index in [1.165, 1.54) is 0 Å². The topological polar surface area (TPSA) is 98.3 Å². The van der Waals surface area contributed by atoms with Gasteiger partial charge in [0.05, 0.1) is 4.92 Å². The van der Waals surface area contributed by atoms with Crippen LogP contribution in [0, 0.1) is 21.8 Å². The Kier molecular flexibility index (Phi) is 5.01. The molecule has 1 aromatic carbocycles. The standard InChI is InChI=1S/C13H18FN3O3/c1-4-9(7(2)3)16-13(18)11-8(14)5-6-10(12(11)15)17(19)20/h5-7,9H,4,15H2,1-3H3,(H,16,18). The Bertz CT molecular complexity index is 532. The molecule has 0 spiro atoms. The van der Waals surface area contributed by atoms with Crippen LogP contribution in [0.15, 0.2) is 12.1 Å². The second kappa shape index (κ2) is 6.31. The van der Waals surface area contributed by atoms with Crippen molar-refractivity contribution in [3.8, 4) is 0 Å². The lowest BCUT2D eigenvalue weighted by Crippen LogP contribution is -2.38. The number of hydrogen-bond donors (Lipinski definition) is 2. The quantitative estimate of drug-likeness (QED) is 0.492. The Morgan fingerprint density at radius 2 is 2.10 bits per heavy atom. The first kappa shape index (κ1) is 15.9. The summed E-state index contributed by atoms with van der Waals surface area (Å²) in [5.41, 5.74) is 4.13. The zero-order chi connectivity index (χ0) is 15.4. The van der Waals surface area contributed by atoms with E-state index in [4.69, 9.17) is 5.73 Å². The molecule has 1 rings (SSSR count). The Morgan fingerprint density at radius 1 is 1.50 bits per heavy atom. The lowest BCUT2D eigenvalue weighted by Gasteiger charge is -2.21. The summed E-state index contributed by atoms with van der Waals surface area (Å²) < 4.78 is 13.7. The van der Waals surface area contributed by atoms with Gasteiger partial charge in [-0.25, -0.2) is 4.39 Å². The summed E-state index contributed by atoms with van der Waals surface area (Å²) in [6, 6.07) is 1.67. The van der Waals surface area contributed by atoms with Gasteiger partial charge >= 0.3 is 0 Å². The van der Waals surface area contributed by atoms with Crippen molar-refractivity contribution in [2.75, 3.05) is 5.73 Å². The van der Waals surface area contributed by atoms with Gasteiger partial charge in [-0.15, -0.1) is 0 Å². The van der Waals surface area contributed by atoms with E-state index in [1.54, 1.807) is 0 Å². The van der Waals surface area contributed by atoms with Crippen LogP contribution in [-0.2, 0) is 0 Å². The molecule has 1 amide bonds. The van der Waals surface area contributed by atoms with Crippen LogP contribution < -0.4 is 11.1 Å². The van der Waals surface area contributed by atoms with Gasteiger partial charge in [-0.1, -0.05) is 20.8 Å². The van der Waals surface area contributed by atoms with Crippen LogP contribution in [-0.4, -0.2) is 16.9 Å². The summed E-state index contributed by atoms with van der Waals surface area (Å²) in [4.78, 5) is 22.1. The van der Waals surface area contributed by atoms with Crippen molar-refractivity contribution in [1.82, 2.24) is 5.32 Å². The first-order valence-electron chi connectivity index (χ1n) is 6.32. The van der Waals surface area contributed by atoms with Crippen molar-refractivity contribution in [2.45, 2.75) is 33.2 Å². The van der Waals surface area contributed by atoms with E-state index < -0.39 is 33.6 Å². The van der Waals surface area contributed by atoms with E-state index >= 15 is 0 Å². The number of nitrogen functional groups attached to an aromatic ring is 1. The molecule has 0 aliphatic heterocycles. The third kappa shape index (κ3) is 3.23. The smallest absolute Gasteiger partial charge is 0.293 e. The number of anilines is 1. The molecule has 20 heavy (non-hydrogen) atoms. The Labute approximate surface area is 116 Å². The molecule has 7 heteroatoms. The number of nitro groups is 1. The molecule has 0 saturated carbocycles. The number of benzene rings is 1. The number of nitro benzene ring substituents is 1. The summed E-state index contributed by atoms with van der Waals surface area (Å²) in [7, 11) is 0. The Balaban J connectivity index is 3.16. The predicted molar refractivity (Wildman–Crippen MR) is 73.9 cm³/mol. The highest BCUT2D eigenvalue weighted by Crippen LogP contribution is 2.27. The number of amides is 1. The van der Waals surface area contributed by atoms with Crippen LogP contribution in [0.2, 0.25) is 0 Å². The molecule has 0 aliphatic carbocycles. The molecule has 1 aromatic rings. The molecule has 1 unspecified atom stereocenters. The van der Waals surface area contributed by atoms with Crippen molar-refractivity contribution < 1.29 is 14.1 Å². The van der Waals surface area contributed by atoms with Crippen molar-refractivity contribution in [2.24, 2.45) is 5.92 Å². The molecule has 0 heterocycles. The number of carbonyl (C=O) groups is 1. The zero-order valence-electron chi connectivity index (χ0n) is 11.6. The second-order valence-electron chi connectivity index (χ2n) is 4.84. The minimum absolute atomic E-state index is 0.152. The van der Waals surface area contributed by atoms with E-state index in [1.807, 2.05) is 20.8 Å². The van der Waals surface area contributed by atoms with E-state index in [9.17, 15) is 19.3 Å². The maximum atomic E-state index is 13.7. The molecule has 0 aromatic heterocycles. The van der Waals surface area contributed by atoms with E-state index in [2.05, 4.69) is 5.32 Å². The SMILES string of the molecule is CCC(NC(=O)c1c(F)ccc([N+](=O)[O-])c1N)C(C)C. The van der Waals surface area contributed by atoms with Gasteiger partial charge in [-0.2, -0.15) is 0 Å². The molecule has 110 valence electrons. The maximum absolute atomic E-state index is 13.7. The lowest BCUT2D eigenvalue weighted by atomic mass is 10.0. The Morgan fingerprint density at radius 3 is 2.55 bits per heavy atom. The van der Waals surface area contributed by atoms with Gasteiger partial charge < -0.3 is 11.1 Å². The van der Waals surface area contributed by atoms with E-state index in [0.717, 1.165) is 12.1 Å². The summed E-state index contributed by atoms with van der Waals surface area (Å²) in [6.45, 7) is 5.72. The number of halogens is 1. The Hall–Kier alpha value is -2.18. The first-order chi connectivity index (χ1) is 9.29. The van der Waals surface area contributed by atoms with Crippen LogP contribution in [0.3, 0.4) is 0 Å². The third-order valence-corrected chi connectivity index (χ3v) is 3.16. The fourth-order valence-electron chi connectivity index (χ4n) is 1.95. The van der Waals surface area contributed by atoms with Gasteiger partial charge in [0.25, 0.3) is 11.6 Å². The molecule has 1 atom stereocenters. The van der Waals surface area contributed by atoms with Crippen molar-refractivity contribution in [3.05, 3.63) is 33.6 Å². The molecule has 3 N–H and O–H groups in total. The first-order valence-corrected chi connectivity index (χ1v) is 6.32. The van der Waals surface area contributed by atoms with Crippen LogP contribution >= 0.6 is 0 Å². The largest absolute Gasteiger partial charge is 0.392 e. The van der Waals surface area contributed by atoms with Crippen molar-refractivity contribution in [3.63, 3.8) is 0 Å². The summed E-state index contributed by atoms with van der Waals surface area (Å²) in [5.74, 6) is -1.44. The van der Waals surface area contributed by atoms with Crippen LogP contribution in [0.4, 0.5) is 15.8 Å². The van der Waals surface area contributed by atoms with Crippen LogP contribution in [0.25, 0.3) is 0 Å². The van der Waals surface area contributed by atoms with Crippen LogP contribution in [0.1, 0.15) is 37.6 Å². The molecule has 0 bridgehead atoms. The monoisotopic (exact) mass is 283 g/mol. The number of nitrogens with zero attached hydrogens (tertiary/aromatic N) is 1. The van der Waals surface area contributed by atoms with Gasteiger partial charge in [0.15, 0.2) is 0 Å². The number of rotatable bonds is 5. The van der Waals surface area contributed by atoms with Gasteiger partial charge in [-0.3, -0.25) is 14.9 Å². The van der Waals surface area contributed by atoms with Crippen molar-refractivity contribution in [1.29, 1.82) is 0 Å². The number of hydrogen-bond acceptors (Lipinski definition) is 4. The lowest BCUT2D eigenvalue weighted by molar-refractivity contribution is -0.384. The fourth-order valence-corrected chi connectivity index (χ4v) is 1.95. The third-order valence-electron chi connectivity index (χ3n) is 3.16. The van der Waals surface area contributed by atoms with E-state index in [-0.39, 0.29) is 12.0 Å². The molecular weight excluding hydrogens is 265 g/mol. The van der Waals surface area contributed by atoms with E-state index in [0.29, 0.717) is 6.42 Å². The van der Waals surface area contributed by atoms with Crippen molar-refractivity contribution >= 4 is 17.3 Å². The number of nitrogens with one attached hydrogen (secondary N) is 1. The molecule has 0 fully saturated rings. The molecule has 0 radical (unpaired) electrons. The number of carbonyl (C=O) groups excluding carboxylic acids is 1. The molecule has 0 aliphatic rings. The van der Waals surface area contributed by atoms with Gasteiger partial charge in [-0.05, 0) is 18.4 Å². The second-order valence-corrected chi connectivity index (χ2v) is 4.84. The summed E-state index contributed by atoms with van der Waals surface area (Å²) >= 11 is 0. The minimum atomic E-state index is -0.871. The molecular formula is C13H18FN3O3. The maximum Gasteiger partial charge on any atom is 0.293 e. The summed E-state index contributed by atoms with van der Waals surface area (Å²) in [5, 5.41) is 13.4. The predicted octanol–water partition coefficient (Wildman–Crippen LogP) is 2.48. The van der Waals surface area contributed by atoms with Gasteiger partial charge in [0.1, 0.15) is 17.1 Å². The van der Waals surface area contributed by atoms with Crippen LogP contribution in [0.5, 0.6) is 0 Å². The zero-order valence-corrected chi connectivity index (χ0v) is 11.6. The average Bonchev–Trinajstić information content (AvgIpc) is 2.35. The highest BCUT2D eigenvalue weighted by atomic mass is 19.1.